The van der Waals surface area contributed by atoms with Crippen LogP contribution in [0.5, 0.6) is 11.5 Å². The number of hydrogen-bond acceptors (Lipinski definition) is 5. The van der Waals surface area contributed by atoms with Crippen LogP contribution >= 0.6 is 0 Å². The minimum Gasteiger partial charge on any atom is -0.493 e. The van der Waals surface area contributed by atoms with E-state index in [4.69, 9.17) is 15.0 Å². The third-order valence-corrected chi connectivity index (χ3v) is 2.51. The van der Waals surface area contributed by atoms with Gasteiger partial charge in [-0.25, -0.2) is 4.79 Å². The molecule has 0 fully saturated rings. The highest BCUT2D eigenvalue weighted by atomic mass is 16.5. The van der Waals surface area contributed by atoms with Gasteiger partial charge in [0.2, 0.25) is 0 Å². The predicted octanol–water partition coefficient (Wildman–Crippen LogP) is 3.08. The predicted molar refractivity (Wildman–Crippen MR) is 77.8 cm³/mol. The van der Waals surface area contributed by atoms with E-state index in [-0.39, 0.29) is 5.70 Å². The number of ether oxygens (including phenoxy) is 3. The van der Waals surface area contributed by atoms with Gasteiger partial charge in [-0.1, -0.05) is 29.4 Å². The van der Waals surface area contributed by atoms with Crippen molar-refractivity contribution in [3.8, 4) is 11.5 Å². The molecule has 110 valence electrons. The second kappa shape index (κ2) is 8.29. The summed E-state index contributed by atoms with van der Waals surface area (Å²) in [6.07, 6.45) is 4.60. The quantitative estimate of drug-likeness (QED) is 0.201. The van der Waals surface area contributed by atoms with Crippen molar-refractivity contribution in [2.45, 2.75) is 0 Å². The van der Waals surface area contributed by atoms with Crippen molar-refractivity contribution in [3.63, 3.8) is 0 Å². The van der Waals surface area contributed by atoms with E-state index in [1.807, 2.05) is 6.07 Å². The topological polar surface area (TPSA) is 93.5 Å². The highest BCUT2D eigenvalue weighted by molar-refractivity contribution is 5.88. The number of azide groups is 1. The zero-order valence-corrected chi connectivity index (χ0v) is 11.9. The number of carbonyl (C=O) groups is 1. The van der Waals surface area contributed by atoms with Gasteiger partial charge in [0.05, 0.1) is 21.3 Å². The fraction of sp³-hybridized carbons (Fsp3) is 0.214. The maximum Gasteiger partial charge on any atom is 0.340 e. The van der Waals surface area contributed by atoms with E-state index in [9.17, 15) is 4.79 Å². The fourth-order valence-electron chi connectivity index (χ4n) is 1.58. The first kappa shape index (κ1) is 16.1. The molecule has 0 bridgehead atoms. The number of methoxy groups -OCH3 is 3. The van der Waals surface area contributed by atoms with Gasteiger partial charge in [-0.15, -0.1) is 0 Å². The summed E-state index contributed by atoms with van der Waals surface area (Å²) in [4.78, 5) is 13.9. The van der Waals surface area contributed by atoms with Gasteiger partial charge in [0, 0.05) is 10.5 Å². The van der Waals surface area contributed by atoms with Crippen LogP contribution in [-0.4, -0.2) is 27.3 Å². The summed E-state index contributed by atoms with van der Waals surface area (Å²) >= 11 is 0. The van der Waals surface area contributed by atoms with E-state index in [2.05, 4.69) is 14.8 Å². The average Bonchev–Trinajstić information content (AvgIpc) is 2.52. The second-order valence-corrected chi connectivity index (χ2v) is 3.67. The molecule has 0 atom stereocenters. The summed E-state index contributed by atoms with van der Waals surface area (Å²) in [7, 11) is 4.28. The van der Waals surface area contributed by atoms with Gasteiger partial charge in [-0.2, -0.15) is 0 Å². The van der Waals surface area contributed by atoms with Gasteiger partial charge >= 0.3 is 5.97 Å². The number of esters is 1. The Morgan fingerprint density at radius 1 is 1.29 bits per heavy atom. The lowest BCUT2D eigenvalue weighted by atomic mass is 10.1. The molecule has 0 saturated heterocycles. The molecule has 1 aromatic carbocycles. The molecule has 0 radical (unpaired) electrons. The van der Waals surface area contributed by atoms with Crippen molar-refractivity contribution in [1.29, 1.82) is 0 Å². The number of hydrogen-bond donors (Lipinski definition) is 0. The minimum atomic E-state index is -0.713. The Labute approximate surface area is 122 Å². The van der Waals surface area contributed by atoms with Crippen molar-refractivity contribution < 1.29 is 19.0 Å². The summed E-state index contributed by atoms with van der Waals surface area (Å²) in [6.45, 7) is 0. The summed E-state index contributed by atoms with van der Waals surface area (Å²) in [6, 6.07) is 5.39. The van der Waals surface area contributed by atoms with Gasteiger partial charge in [0.25, 0.3) is 0 Å². The first-order valence-corrected chi connectivity index (χ1v) is 5.90. The summed E-state index contributed by atoms with van der Waals surface area (Å²) in [5.74, 6) is 0.440. The van der Waals surface area contributed by atoms with E-state index >= 15 is 0 Å². The molecule has 0 aromatic heterocycles. The minimum absolute atomic E-state index is 0.141. The lowest BCUT2D eigenvalue weighted by molar-refractivity contribution is -0.136. The highest BCUT2D eigenvalue weighted by Crippen LogP contribution is 2.31. The van der Waals surface area contributed by atoms with E-state index < -0.39 is 5.97 Å². The van der Waals surface area contributed by atoms with Crippen LogP contribution in [0.4, 0.5) is 0 Å². The molecule has 0 aliphatic carbocycles. The van der Waals surface area contributed by atoms with E-state index in [1.54, 1.807) is 31.4 Å². The van der Waals surface area contributed by atoms with Crippen molar-refractivity contribution in [3.05, 3.63) is 52.1 Å². The molecule has 0 saturated carbocycles. The number of benzene rings is 1. The van der Waals surface area contributed by atoms with Gasteiger partial charge in [-0.05, 0) is 17.7 Å². The maximum atomic E-state index is 11.3. The molecular weight excluding hydrogens is 274 g/mol. The van der Waals surface area contributed by atoms with Gasteiger partial charge in [-0.3, -0.25) is 0 Å². The van der Waals surface area contributed by atoms with Crippen LogP contribution in [0.2, 0.25) is 0 Å². The summed E-state index contributed by atoms with van der Waals surface area (Å²) in [5, 5.41) is 3.26. The zero-order chi connectivity index (χ0) is 15.7. The number of allylic oxidation sites excluding steroid dienone is 2. The van der Waals surface area contributed by atoms with Gasteiger partial charge in [0.1, 0.15) is 5.70 Å². The molecular formula is C14H15N3O4. The Bertz CT molecular complexity index is 617. The lowest BCUT2D eigenvalue weighted by Crippen LogP contribution is -2.01. The average molecular weight is 289 g/mol. The molecule has 7 heteroatoms. The molecule has 0 spiro atoms. The lowest BCUT2D eigenvalue weighted by Gasteiger charge is -2.09. The van der Waals surface area contributed by atoms with Crippen molar-refractivity contribution in [2.24, 2.45) is 5.11 Å². The molecule has 0 N–H and O–H groups in total. The van der Waals surface area contributed by atoms with Crippen LogP contribution in [0.3, 0.4) is 0 Å². The molecule has 0 aliphatic rings. The van der Waals surface area contributed by atoms with Crippen LogP contribution in [0, 0.1) is 0 Å². The number of carbonyl (C=O) groups excluding carboxylic acids is 1. The monoisotopic (exact) mass is 289 g/mol. The zero-order valence-electron chi connectivity index (χ0n) is 11.9. The largest absolute Gasteiger partial charge is 0.493 e. The van der Waals surface area contributed by atoms with E-state index in [1.165, 1.54) is 20.3 Å². The Morgan fingerprint density at radius 2 is 2.05 bits per heavy atom. The molecule has 0 heterocycles. The number of rotatable bonds is 6. The summed E-state index contributed by atoms with van der Waals surface area (Å²) in [5.41, 5.74) is 9.00. The molecule has 1 rings (SSSR count). The molecule has 0 unspecified atom stereocenters. The third kappa shape index (κ3) is 4.29. The Kier molecular flexibility index (Phi) is 6.37. The Hall–Kier alpha value is -2.92. The number of nitrogens with zero attached hydrogens (tertiary/aromatic N) is 3. The van der Waals surface area contributed by atoms with Crippen LogP contribution in [0.15, 0.2) is 41.2 Å². The smallest absolute Gasteiger partial charge is 0.340 e. The van der Waals surface area contributed by atoms with E-state index in [0.29, 0.717) is 11.5 Å². The molecule has 7 nitrogen and oxygen atoms in total. The molecule has 1 aromatic rings. The maximum absolute atomic E-state index is 11.3. The van der Waals surface area contributed by atoms with Crippen molar-refractivity contribution >= 4 is 12.0 Å². The van der Waals surface area contributed by atoms with Gasteiger partial charge in [0.15, 0.2) is 11.5 Å². The summed E-state index contributed by atoms with van der Waals surface area (Å²) < 4.78 is 15.0. The van der Waals surface area contributed by atoms with E-state index in [0.717, 1.165) is 5.56 Å². The number of para-hydroxylation sites is 1. The third-order valence-electron chi connectivity index (χ3n) is 2.51. The Morgan fingerprint density at radius 3 is 2.62 bits per heavy atom. The molecule has 21 heavy (non-hydrogen) atoms. The van der Waals surface area contributed by atoms with Crippen LogP contribution in [0.1, 0.15) is 5.56 Å². The molecule has 0 aliphatic heterocycles. The first-order valence-electron chi connectivity index (χ1n) is 5.90. The van der Waals surface area contributed by atoms with Crippen LogP contribution in [-0.2, 0) is 9.53 Å². The van der Waals surface area contributed by atoms with Gasteiger partial charge < -0.3 is 14.2 Å². The Balaban J connectivity index is 3.09. The SMILES string of the molecule is COC(=O)/C(=C/C=C/c1cccc(OC)c1OC)N=[N+]=[N-]. The van der Waals surface area contributed by atoms with Crippen molar-refractivity contribution in [2.75, 3.05) is 21.3 Å². The fourth-order valence-corrected chi connectivity index (χ4v) is 1.58. The van der Waals surface area contributed by atoms with Crippen LogP contribution in [0.25, 0.3) is 16.5 Å². The standard InChI is InChI=1S/C14H15N3O4/c1-19-12-9-5-7-10(13(12)20-2)6-4-8-11(16-17-15)14(18)21-3/h4-9H,1-3H3/b6-4+,11-8-. The molecule has 0 amide bonds. The van der Waals surface area contributed by atoms with Crippen LogP contribution < -0.4 is 9.47 Å². The second-order valence-electron chi connectivity index (χ2n) is 3.67. The normalized spacial score (nSPS) is 10.9. The first-order chi connectivity index (χ1) is 10.2. The van der Waals surface area contributed by atoms with Crippen molar-refractivity contribution in [1.82, 2.24) is 0 Å². The highest BCUT2D eigenvalue weighted by Gasteiger charge is 2.07.